The van der Waals surface area contributed by atoms with E-state index in [0.29, 0.717) is 18.7 Å². The van der Waals surface area contributed by atoms with Crippen molar-refractivity contribution < 1.29 is 13.2 Å². The van der Waals surface area contributed by atoms with Crippen molar-refractivity contribution in [3.05, 3.63) is 57.6 Å². The molecule has 25 heavy (non-hydrogen) atoms. The van der Waals surface area contributed by atoms with Gasteiger partial charge in [0.05, 0.1) is 4.90 Å². The highest BCUT2D eigenvalue weighted by molar-refractivity contribution is 9.10. The molecule has 0 saturated carbocycles. The number of rotatable bonds is 2. The van der Waals surface area contributed by atoms with Crippen LogP contribution < -0.4 is 10.0 Å². The van der Waals surface area contributed by atoms with Crippen molar-refractivity contribution in [2.45, 2.75) is 24.2 Å². The van der Waals surface area contributed by atoms with Crippen LogP contribution in [0.15, 0.2) is 45.8 Å². The van der Waals surface area contributed by atoms with E-state index in [1.54, 1.807) is 11.0 Å². The number of carbonyl (C=O) groups is 1. The monoisotopic (exact) mass is 420 g/mol. The van der Waals surface area contributed by atoms with Crippen molar-refractivity contribution >= 4 is 37.5 Å². The third-order valence-electron chi connectivity index (χ3n) is 5.00. The topological polar surface area (TPSA) is 80.5 Å². The zero-order valence-electron chi connectivity index (χ0n) is 13.4. The first-order chi connectivity index (χ1) is 11.8. The van der Waals surface area contributed by atoms with Crippen LogP contribution in [0.25, 0.3) is 0 Å². The Morgan fingerprint density at radius 2 is 1.80 bits per heavy atom. The summed E-state index contributed by atoms with van der Waals surface area (Å²) < 4.78 is 24.2. The van der Waals surface area contributed by atoms with Gasteiger partial charge in [-0.25, -0.2) is 13.6 Å². The van der Waals surface area contributed by atoms with Crippen LogP contribution in [0.5, 0.6) is 0 Å². The Balaban J connectivity index is 1.62. The van der Waals surface area contributed by atoms with Crippen LogP contribution in [0.4, 0.5) is 5.69 Å². The average molecular weight is 421 g/mol. The molecule has 1 amide bonds. The van der Waals surface area contributed by atoms with Gasteiger partial charge in [0, 0.05) is 22.6 Å². The highest BCUT2D eigenvalue weighted by atomic mass is 79.9. The van der Waals surface area contributed by atoms with E-state index >= 15 is 0 Å². The minimum Gasteiger partial charge on any atom is -0.312 e. The Bertz CT molecular complexity index is 988. The van der Waals surface area contributed by atoms with E-state index < -0.39 is 10.0 Å². The van der Waals surface area contributed by atoms with E-state index in [1.165, 1.54) is 23.3 Å². The quantitative estimate of drug-likeness (QED) is 0.809. The van der Waals surface area contributed by atoms with Gasteiger partial charge in [-0.1, -0.05) is 28.1 Å². The van der Waals surface area contributed by atoms with Crippen molar-refractivity contribution in [2.75, 3.05) is 11.4 Å². The molecule has 0 bridgehead atoms. The third kappa shape index (κ3) is 3.01. The van der Waals surface area contributed by atoms with Gasteiger partial charge in [0.15, 0.2) is 0 Å². The summed E-state index contributed by atoms with van der Waals surface area (Å²) in [7, 11) is -3.78. The molecule has 4 rings (SSSR count). The minimum absolute atomic E-state index is 0.0459. The molecule has 2 aromatic carbocycles. The number of fused-ring (bicyclic) bond motifs is 2. The molecule has 0 fully saturated rings. The summed E-state index contributed by atoms with van der Waals surface area (Å²) in [6.07, 6.45) is 2.17. The molecular weight excluding hydrogens is 404 g/mol. The lowest BCUT2D eigenvalue weighted by atomic mass is 10.0. The lowest BCUT2D eigenvalue weighted by Crippen LogP contribution is -2.35. The van der Waals surface area contributed by atoms with Crippen LogP contribution in [-0.2, 0) is 34.1 Å². The molecule has 7 heteroatoms. The van der Waals surface area contributed by atoms with Crippen molar-refractivity contribution in [1.82, 2.24) is 0 Å². The molecular formula is C18H17BrN2O3S. The van der Waals surface area contributed by atoms with Crippen LogP contribution in [0, 0.1) is 5.92 Å². The van der Waals surface area contributed by atoms with Gasteiger partial charge < -0.3 is 4.90 Å². The van der Waals surface area contributed by atoms with Gasteiger partial charge in [0.25, 0.3) is 0 Å². The number of hydrogen-bond acceptors (Lipinski definition) is 3. The maximum Gasteiger partial charge on any atom is 0.238 e. The Hall–Kier alpha value is -1.70. The lowest BCUT2D eigenvalue weighted by molar-refractivity contribution is -0.122. The predicted octanol–water partition coefficient (Wildman–Crippen LogP) is 2.40. The number of halogens is 1. The summed E-state index contributed by atoms with van der Waals surface area (Å²) in [5, 5.41) is 5.23. The van der Waals surface area contributed by atoms with Crippen molar-refractivity contribution in [3.8, 4) is 0 Å². The van der Waals surface area contributed by atoms with Crippen molar-refractivity contribution in [1.29, 1.82) is 0 Å². The second-order valence-electron chi connectivity index (χ2n) is 6.59. The molecule has 0 saturated heterocycles. The van der Waals surface area contributed by atoms with Gasteiger partial charge in [0.2, 0.25) is 15.9 Å². The molecule has 1 atom stereocenters. The van der Waals surface area contributed by atoms with Gasteiger partial charge in [-0.3, -0.25) is 4.79 Å². The number of nitrogens with zero attached hydrogens (tertiary/aromatic N) is 1. The van der Waals surface area contributed by atoms with Crippen LogP contribution in [-0.4, -0.2) is 20.9 Å². The van der Waals surface area contributed by atoms with E-state index in [1.807, 2.05) is 6.07 Å². The van der Waals surface area contributed by atoms with E-state index in [4.69, 9.17) is 5.14 Å². The molecule has 2 N–H and O–H groups in total. The molecule has 1 aliphatic heterocycles. The highest BCUT2D eigenvalue weighted by Crippen LogP contribution is 2.35. The SMILES string of the molecule is NS(=O)(=O)c1ccc2c(c1)N(C(=O)[C@H]1Cc3ccc(Br)cc3C1)CC2. The van der Waals surface area contributed by atoms with Gasteiger partial charge in [-0.2, -0.15) is 0 Å². The van der Waals surface area contributed by atoms with Crippen LogP contribution in [0.3, 0.4) is 0 Å². The van der Waals surface area contributed by atoms with E-state index in [2.05, 4.69) is 28.1 Å². The summed E-state index contributed by atoms with van der Waals surface area (Å²) in [5.74, 6) is -0.0500. The molecule has 130 valence electrons. The number of primary sulfonamides is 1. The fraction of sp³-hybridized carbons (Fsp3) is 0.278. The maximum atomic E-state index is 13.1. The Kier molecular flexibility index (Phi) is 3.97. The van der Waals surface area contributed by atoms with Gasteiger partial charge in [0.1, 0.15) is 0 Å². The maximum absolute atomic E-state index is 13.1. The van der Waals surface area contributed by atoms with Gasteiger partial charge in [-0.15, -0.1) is 0 Å². The minimum atomic E-state index is -3.78. The first kappa shape index (κ1) is 16.8. The molecule has 1 heterocycles. The number of benzene rings is 2. The zero-order chi connectivity index (χ0) is 17.8. The number of sulfonamides is 1. The normalized spacial score (nSPS) is 19.0. The zero-order valence-corrected chi connectivity index (χ0v) is 15.8. The van der Waals surface area contributed by atoms with Crippen molar-refractivity contribution in [2.24, 2.45) is 11.1 Å². The molecule has 0 radical (unpaired) electrons. The molecule has 5 nitrogen and oxygen atoms in total. The summed E-state index contributed by atoms with van der Waals surface area (Å²) >= 11 is 3.47. The third-order valence-corrected chi connectivity index (χ3v) is 6.40. The molecule has 0 unspecified atom stereocenters. The van der Waals surface area contributed by atoms with E-state index in [9.17, 15) is 13.2 Å². The van der Waals surface area contributed by atoms with Crippen LogP contribution in [0.1, 0.15) is 16.7 Å². The number of amides is 1. The number of hydrogen-bond donors (Lipinski definition) is 1. The number of anilines is 1. The summed E-state index contributed by atoms with van der Waals surface area (Å²) in [5.41, 5.74) is 4.07. The fourth-order valence-corrected chi connectivity index (χ4v) is 4.69. The van der Waals surface area contributed by atoms with Gasteiger partial charge >= 0.3 is 0 Å². The average Bonchev–Trinajstić information content (AvgIpc) is 3.16. The van der Waals surface area contributed by atoms with Crippen molar-refractivity contribution in [3.63, 3.8) is 0 Å². The smallest absolute Gasteiger partial charge is 0.238 e. The summed E-state index contributed by atoms with van der Waals surface area (Å²) in [6.45, 7) is 0.582. The largest absolute Gasteiger partial charge is 0.312 e. The fourth-order valence-electron chi connectivity index (χ4n) is 3.75. The number of carbonyl (C=O) groups excluding carboxylic acids is 1. The lowest BCUT2D eigenvalue weighted by Gasteiger charge is -2.21. The molecule has 2 aromatic rings. The Morgan fingerprint density at radius 3 is 2.56 bits per heavy atom. The van der Waals surface area contributed by atoms with E-state index in [0.717, 1.165) is 22.9 Å². The second-order valence-corrected chi connectivity index (χ2v) is 9.07. The summed E-state index contributed by atoms with van der Waals surface area (Å²) in [6, 6.07) is 10.9. The van der Waals surface area contributed by atoms with Crippen LogP contribution >= 0.6 is 15.9 Å². The molecule has 1 aliphatic carbocycles. The summed E-state index contributed by atoms with van der Waals surface area (Å²) in [4.78, 5) is 14.8. The number of nitrogens with two attached hydrogens (primary N) is 1. The highest BCUT2D eigenvalue weighted by Gasteiger charge is 2.34. The van der Waals surface area contributed by atoms with E-state index in [-0.39, 0.29) is 16.7 Å². The predicted molar refractivity (Wildman–Crippen MR) is 98.9 cm³/mol. The Morgan fingerprint density at radius 1 is 1.08 bits per heavy atom. The first-order valence-corrected chi connectivity index (χ1v) is 10.4. The molecule has 0 spiro atoms. The van der Waals surface area contributed by atoms with Crippen LogP contribution in [0.2, 0.25) is 0 Å². The van der Waals surface area contributed by atoms with Gasteiger partial charge in [-0.05, 0) is 60.2 Å². The second kappa shape index (κ2) is 5.93. The Labute approximate surface area is 155 Å². The standard InChI is InChI=1S/C18H17BrN2O3S/c19-15-3-1-12-7-14(8-13(12)9-15)18(22)21-6-5-11-2-4-16(10-17(11)21)25(20,23)24/h1-4,9-10,14H,5-8H2,(H2,20,23,24)/t14-/m0/s1. The molecule has 0 aromatic heterocycles. The first-order valence-electron chi connectivity index (χ1n) is 8.07. The molecule has 2 aliphatic rings.